The maximum Gasteiger partial charge on any atom is 0.119 e. The zero-order valence-corrected chi connectivity index (χ0v) is 6.85. The van der Waals surface area contributed by atoms with Gasteiger partial charge >= 0.3 is 0 Å². The molecule has 7 N–H and O–H groups in total. The summed E-state index contributed by atoms with van der Waals surface area (Å²) in [4.78, 5) is 0. The van der Waals surface area contributed by atoms with Gasteiger partial charge in [-0.3, -0.25) is 0 Å². The minimum absolute atomic E-state index is 0.718. The van der Waals surface area contributed by atoms with Crippen LogP contribution in [0.25, 0.3) is 0 Å². The van der Waals surface area contributed by atoms with Gasteiger partial charge in [0, 0.05) is 0 Å². The Balaban J connectivity index is 4.15. The Labute approximate surface area is 74.7 Å². The molecule has 0 spiro atoms. The third-order valence-corrected chi connectivity index (χ3v) is 1.52. The van der Waals surface area contributed by atoms with Crippen LogP contribution in [-0.2, 0) is 0 Å². The van der Waals surface area contributed by atoms with Gasteiger partial charge in [0.2, 0.25) is 0 Å². The Morgan fingerprint density at radius 2 is 1.69 bits per heavy atom. The molecule has 7 heteroatoms. The molecule has 0 saturated carbocycles. The second-order valence-electron chi connectivity index (χ2n) is 2.52. The highest BCUT2D eigenvalue weighted by atomic mass is 16.4. The molecule has 0 fully saturated rings. The summed E-state index contributed by atoms with van der Waals surface area (Å²) in [6.45, 7) is -0.718. The van der Waals surface area contributed by atoms with Crippen LogP contribution in [0.3, 0.4) is 0 Å². The van der Waals surface area contributed by atoms with Gasteiger partial charge in [0.15, 0.2) is 0 Å². The van der Waals surface area contributed by atoms with Crippen molar-refractivity contribution in [3.63, 3.8) is 0 Å². The van der Waals surface area contributed by atoms with Crippen LogP contribution in [0.15, 0.2) is 5.10 Å². The summed E-state index contributed by atoms with van der Waals surface area (Å²) in [5.74, 6) is 4.68. The first-order chi connectivity index (χ1) is 6.04. The first kappa shape index (κ1) is 12.3. The Hall–Kier alpha value is -0.730. The average Bonchev–Trinajstić information content (AvgIpc) is 2.14. The van der Waals surface area contributed by atoms with Crippen LogP contribution < -0.4 is 5.84 Å². The van der Waals surface area contributed by atoms with E-state index < -0.39 is 31.0 Å². The fraction of sp³-hybridized carbons (Fsp3) is 0.833. The Kier molecular flexibility index (Phi) is 5.51. The Bertz CT molecular complexity index is 165. The predicted octanol–water partition coefficient (Wildman–Crippen LogP) is -3.63. The van der Waals surface area contributed by atoms with E-state index in [9.17, 15) is 0 Å². The van der Waals surface area contributed by atoms with Gasteiger partial charge in [-0.1, -0.05) is 0 Å². The summed E-state index contributed by atoms with van der Waals surface area (Å²) in [5, 5.41) is 47.4. The van der Waals surface area contributed by atoms with E-state index in [4.69, 9.17) is 25.5 Å². The van der Waals surface area contributed by atoms with Gasteiger partial charge in [-0.15, -0.1) is 0 Å². The van der Waals surface area contributed by atoms with Crippen molar-refractivity contribution in [2.45, 2.75) is 24.4 Å². The minimum Gasteiger partial charge on any atom is -0.394 e. The van der Waals surface area contributed by atoms with Crippen LogP contribution in [0, 0.1) is 0 Å². The number of nitrogens with two attached hydrogens (primary N) is 1. The van der Waals surface area contributed by atoms with Crippen molar-refractivity contribution in [2.24, 2.45) is 10.9 Å². The second-order valence-corrected chi connectivity index (χ2v) is 2.52. The monoisotopic (exact) mass is 194 g/mol. The van der Waals surface area contributed by atoms with Crippen LogP contribution in [0.1, 0.15) is 0 Å². The third kappa shape index (κ3) is 3.66. The zero-order valence-electron chi connectivity index (χ0n) is 6.85. The highest BCUT2D eigenvalue weighted by Gasteiger charge is 2.28. The topological polar surface area (TPSA) is 140 Å². The maximum absolute atomic E-state index is 9.10. The highest BCUT2D eigenvalue weighted by Crippen LogP contribution is 2.03. The van der Waals surface area contributed by atoms with E-state index in [0.717, 1.165) is 6.21 Å². The molecule has 0 bridgehead atoms. The molecule has 0 aliphatic rings. The molecule has 0 rings (SSSR count). The normalized spacial score (nSPS) is 21.3. The number of aliphatic hydroxyl groups is 5. The van der Waals surface area contributed by atoms with Crippen molar-refractivity contribution in [1.82, 2.24) is 0 Å². The van der Waals surface area contributed by atoms with E-state index in [2.05, 4.69) is 10.9 Å². The average molecular weight is 194 g/mol. The maximum atomic E-state index is 9.10. The van der Waals surface area contributed by atoms with Crippen LogP contribution in [0.2, 0.25) is 0 Å². The molecule has 13 heavy (non-hydrogen) atoms. The summed E-state index contributed by atoms with van der Waals surface area (Å²) in [6.07, 6.45) is -5.50. The second kappa shape index (κ2) is 5.84. The molecule has 0 aromatic carbocycles. The van der Waals surface area contributed by atoms with Crippen molar-refractivity contribution < 1.29 is 25.5 Å². The predicted molar refractivity (Wildman–Crippen MR) is 43.8 cm³/mol. The highest BCUT2D eigenvalue weighted by molar-refractivity contribution is 5.63. The van der Waals surface area contributed by atoms with Gasteiger partial charge in [0.25, 0.3) is 0 Å². The van der Waals surface area contributed by atoms with Crippen molar-refractivity contribution in [3.8, 4) is 0 Å². The molecule has 0 radical (unpaired) electrons. The van der Waals surface area contributed by atoms with Crippen LogP contribution in [-0.4, -0.2) is 62.8 Å². The van der Waals surface area contributed by atoms with Gasteiger partial charge in [-0.05, 0) is 0 Å². The number of hydrogen-bond acceptors (Lipinski definition) is 7. The Morgan fingerprint density at radius 1 is 1.15 bits per heavy atom. The number of rotatable bonds is 5. The van der Waals surface area contributed by atoms with Crippen LogP contribution in [0.5, 0.6) is 0 Å². The molecule has 0 amide bonds. The Morgan fingerprint density at radius 3 is 2.08 bits per heavy atom. The van der Waals surface area contributed by atoms with Crippen molar-refractivity contribution in [2.75, 3.05) is 6.61 Å². The van der Waals surface area contributed by atoms with E-state index in [1.54, 1.807) is 0 Å². The van der Waals surface area contributed by atoms with Gasteiger partial charge < -0.3 is 31.4 Å². The summed E-state index contributed by atoms with van der Waals surface area (Å²) in [6, 6.07) is 0. The molecular formula is C6H14N2O5. The molecule has 78 valence electrons. The number of hydrazone groups is 1. The van der Waals surface area contributed by atoms with E-state index in [1.807, 2.05) is 0 Å². The van der Waals surface area contributed by atoms with Crippen molar-refractivity contribution in [1.29, 1.82) is 0 Å². The first-order valence-electron chi connectivity index (χ1n) is 3.61. The summed E-state index contributed by atoms with van der Waals surface area (Å²) < 4.78 is 0. The molecule has 0 heterocycles. The van der Waals surface area contributed by atoms with Gasteiger partial charge in [0.1, 0.15) is 24.4 Å². The number of hydrogen-bond donors (Lipinski definition) is 6. The van der Waals surface area contributed by atoms with E-state index >= 15 is 0 Å². The summed E-state index contributed by atoms with van der Waals surface area (Å²) in [7, 11) is 0. The summed E-state index contributed by atoms with van der Waals surface area (Å²) in [5.41, 5.74) is 0. The lowest BCUT2D eigenvalue weighted by Crippen LogP contribution is -2.46. The molecule has 0 saturated heterocycles. The molecular weight excluding hydrogens is 180 g/mol. The molecule has 0 unspecified atom stereocenters. The fourth-order valence-electron chi connectivity index (χ4n) is 0.714. The fourth-order valence-corrected chi connectivity index (χ4v) is 0.714. The number of nitrogens with zero attached hydrogens (tertiary/aromatic N) is 1. The van der Waals surface area contributed by atoms with E-state index in [-0.39, 0.29) is 0 Å². The first-order valence-corrected chi connectivity index (χ1v) is 3.61. The third-order valence-electron chi connectivity index (χ3n) is 1.52. The molecule has 0 aromatic rings. The van der Waals surface area contributed by atoms with E-state index in [1.165, 1.54) is 0 Å². The largest absolute Gasteiger partial charge is 0.394 e. The lowest BCUT2D eigenvalue weighted by molar-refractivity contribution is -0.0999. The molecule has 7 nitrogen and oxygen atoms in total. The molecule has 0 aliphatic carbocycles. The lowest BCUT2D eigenvalue weighted by atomic mass is 10.0. The molecule has 0 aliphatic heterocycles. The van der Waals surface area contributed by atoms with Gasteiger partial charge in [-0.25, -0.2) is 0 Å². The SMILES string of the molecule is NN=C[C@H](O)[C@H](O)[C@@H](O)[C@H](O)CO. The van der Waals surface area contributed by atoms with Crippen molar-refractivity contribution >= 4 is 6.21 Å². The quantitative estimate of drug-likeness (QED) is 0.152. The smallest absolute Gasteiger partial charge is 0.119 e. The van der Waals surface area contributed by atoms with E-state index in [0.29, 0.717) is 0 Å². The van der Waals surface area contributed by atoms with Gasteiger partial charge in [0.05, 0.1) is 12.8 Å². The number of aliphatic hydroxyl groups excluding tert-OH is 5. The van der Waals surface area contributed by atoms with Crippen molar-refractivity contribution in [3.05, 3.63) is 0 Å². The summed E-state index contributed by atoms with van der Waals surface area (Å²) >= 11 is 0. The lowest BCUT2D eigenvalue weighted by Gasteiger charge is -2.23. The van der Waals surface area contributed by atoms with Gasteiger partial charge in [-0.2, -0.15) is 5.10 Å². The zero-order chi connectivity index (χ0) is 10.4. The molecule has 0 aromatic heterocycles. The van der Waals surface area contributed by atoms with Crippen LogP contribution in [0.4, 0.5) is 0 Å². The standard InChI is InChI=1S/C6H14N2O5/c7-8-1-3(10)5(12)6(13)4(11)2-9/h1,3-6,9-13H,2,7H2/t3-,4+,5-,6-/m0/s1. The van der Waals surface area contributed by atoms with Crippen LogP contribution >= 0.6 is 0 Å². The molecule has 4 atom stereocenters. The minimum atomic E-state index is -1.65.